The number of pyridine rings is 2. The number of rotatable bonds is 9. The molecule has 0 saturated heterocycles. The molecule has 3 rings (SSSR count). The van der Waals surface area contributed by atoms with Crippen LogP contribution in [0.4, 0.5) is 16.8 Å². The summed E-state index contributed by atoms with van der Waals surface area (Å²) in [5.74, 6) is 1.68. The van der Waals surface area contributed by atoms with Crippen molar-refractivity contribution in [3.05, 3.63) is 36.0 Å². The van der Waals surface area contributed by atoms with Crippen LogP contribution < -0.4 is 16.0 Å². The normalized spacial score (nSPS) is 13.9. The zero-order valence-corrected chi connectivity index (χ0v) is 19.7. The average molecular weight is 427 g/mol. The molecule has 30 heavy (non-hydrogen) atoms. The molecule has 0 fully saturated rings. The van der Waals surface area contributed by atoms with Crippen LogP contribution in [-0.4, -0.2) is 27.0 Å². The van der Waals surface area contributed by atoms with Gasteiger partial charge in [-0.1, -0.05) is 45.5 Å². The summed E-state index contributed by atoms with van der Waals surface area (Å²) in [6.07, 6.45) is 4.04. The van der Waals surface area contributed by atoms with Crippen molar-refractivity contribution in [1.82, 2.24) is 20.3 Å². The predicted octanol–water partition coefficient (Wildman–Crippen LogP) is 5.95. The fourth-order valence-electron chi connectivity index (χ4n) is 3.09. The second-order valence-electron chi connectivity index (χ2n) is 9.02. The Bertz CT molecular complexity index is 929. The first kappa shape index (κ1) is 22.4. The lowest BCUT2D eigenvalue weighted by Crippen LogP contribution is -2.37. The van der Waals surface area contributed by atoms with E-state index >= 15 is 0 Å². The molecule has 0 amide bonds. The first-order chi connectivity index (χ1) is 14.2. The quantitative estimate of drug-likeness (QED) is 0.392. The maximum absolute atomic E-state index is 4.79. The molecule has 3 aromatic heterocycles. The second kappa shape index (κ2) is 9.71. The Morgan fingerprint density at radius 1 is 1.10 bits per heavy atom. The zero-order chi connectivity index (χ0) is 21.7. The Morgan fingerprint density at radius 3 is 2.57 bits per heavy atom. The molecule has 0 aliphatic carbocycles. The van der Waals surface area contributed by atoms with Gasteiger partial charge >= 0.3 is 0 Å². The summed E-state index contributed by atoms with van der Waals surface area (Å²) in [7, 11) is 0. The molecule has 0 spiro atoms. The van der Waals surface area contributed by atoms with Gasteiger partial charge in [0, 0.05) is 24.8 Å². The van der Waals surface area contributed by atoms with Gasteiger partial charge in [-0.25, -0.2) is 15.0 Å². The highest BCUT2D eigenvalue weighted by Gasteiger charge is 2.19. The number of nitrogens with one attached hydrogen (secondary N) is 3. The Balaban J connectivity index is 1.82. The number of thiazole rings is 1. The zero-order valence-electron chi connectivity index (χ0n) is 18.9. The predicted molar refractivity (Wildman–Crippen MR) is 129 cm³/mol. The summed E-state index contributed by atoms with van der Waals surface area (Å²) < 4.78 is 0. The highest BCUT2D eigenvalue weighted by atomic mass is 32.1. The van der Waals surface area contributed by atoms with Crippen LogP contribution >= 0.6 is 11.3 Å². The molecule has 3 N–H and O–H groups in total. The third-order valence-corrected chi connectivity index (χ3v) is 6.21. The van der Waals surface area contributed by atoms with E-state index in [1.54, 1.807) is 6.20 Å². The molecule has 0 aliphatic heterocycles. The van der Waals surface area contributed by atoms with E-state index in [-0.39, 0.29) is 5.41 Å². The van der Waals surface area contributed by atoms with Crippen LogP contribution in [-0.2, 0) is 6.54 Å². The van der Waals surface area contributed by atoms with E-state index in [4.69, 9.17) is 4.98 Å². The fraction of sp³-hybridized carbons (Fsp3) is 0.522. The lowest BCUT2D eigenvalue weighted by atomic mass is 9.88. The minimum atomic E-state index is 0.207. The minimum Gasteiger partial charge on any atom is -0.368 e. The molecule has 0 bridgehead atoms. The van der Waals surface area contributed by atoms with Crippen LogP contribution in [0.25, 0.3) is 10.3 Å². The number of nitrogens with zero attached hydrogens (tertiary/aromatic N) is 3. The largest absolute Gasteiger partial charge is 0.368 e. The molecule has 162 valence electrons. The van der Waals surface area contributed by atoms with E-state index < -0.39 is 0 Å². The van der Waals surface area contributed by atoms with Gasteiger partial charge in [-0.3, -0.25) is 0 Å². The topological polar surface area (TPSA) is 74.8 Å². The van der Waals surface area contributed by atoms with Gasteiger partial charge in [0.2, 0.25) is 0 Å². The van der Waals surface area contributed by atoms with Crippen molar-refractivity contribution in [2.75, 3.05) is 10.6 Å². The van der Waals surface area contributed by atoms with E-state index in [1.165, 1.54) is 16.9 Å². The summed E-state index contributed by atoms with van der Waals surface area (Å²) in [4.78, 5) is 14.7. The molecule has 7 heteroatoms. The van der Waals surface area contributed by atoms with Crippen molar-refractivity contribution >= 4 is 38.5 Å². The van der Waals surface area contributed by atoms with E-state index in [9.17, 15) is 0 Å². The Hall–Kier alpha value is -2.25. The van der Waals surface area contributed by atoms with Crippen LogP contribution in [0, 0.1) is 5.41 Å². The number of hydrogen-bond acceptors (Lipinski definition) is 7. The van der Waals surface area contributed by atoms with E-state index in [2.05, 4.69) is 79.6 Å². The summed E-state index contributed by atoms with van der Waals surface area (Å²) in [5, 5.41) is 11.4. The van der Waals surface area contributed by atoms with Gasteiger partial charge in [-0.15, -0.1) is 0 Å². The molecule has 6 nitrogen and oxygen atoms in total. The van der Waals surface area contributed by atoms with Crippen LogP contribution in [0.15, 0.2) is 30.5 Å². The SMILES string of the molecule is CCCC(C)Nc1cc(CNC(C)C(C)(C)C)cc(Nc2nc3cccnc3s2)n1. The van der Waals surface area contributed by atoms with E-state index in [0.29, 0.717) is 12.1 Å². The van der Waals surface area contributed by atoms with Crippen molar-refractivity contribution in [1.29, 1.82) is 0 Å². The number of fused-ring (bicyclic) bond motifs is 1. The van der Waals surface area contributed by atoms with Crippen molar-refractivity contribution < 1.29 is 0 Å². The molecule has 2 atom stereocenters. The van der Waals surface area contributed by atoms with Gasteiger partial charge in [0.15, 0.2) is 5.13 Å². The van der Waals surface area contributed by atoms with Crippen molar-refractivity contribution in [3.8, 4) is 0 Å². The molecule has 0 radical (unpaired) electrons. The Morgan fingerprint density at radius 2 is 1.87 bits per heavy atom. The smallest absolute Gasteiger partial charge is 0.190 e. The standard InChI is InChI=1S/C23H34N6S/c1-7-9-15(2)26-19-12-17(14-25-16(3)23(4,5)6)13-20(28-19)29-22-27-18-10-8-11-24-21(18)30-22/h8,10-13,15-16,25H,7,9,14H2,1-6H3,(H2,26,27,28,29). The van der Waals surface area contributed by atoms with Crippen LogP contribution in [0.5, 0.6) is 0 Å². The lowest BCUT2D eigenvalue weighted by Gasteiger charge is -2.28. The number of anilines is 3. The van der Waals surface area contributed by atoms with Gasteiger partial charge in [0.1, 0.15) is 22.0 Å². The number of hydrogen-bond donors (Lipinski definition) is 3. The van der Waals surface area contributed by atoms with Crippen molar-refractivity contribution in [2.24, 2.45) is 5.41 Å². The molecule has 0 saturated carbocycles. The summed E-state index contributed by atoms with van der Waals surface area (Å²) >= 11 is 1.54. The Kier molecular flexibility index (Phi) is 7.26. The molecule has 2 unspecified atom stereocenters. The lowest BCUT2D eigenvalue weighted by molar-refractivity contribution is 0.285. The molecular formula is C23H34N6S. The fourth-order valence-corrected chi connectivity index (χ4v) is 3.91. The van der Waals surface area contributed by atoms with Gasteiger partial charge in [0.25, 0.3) is 0 Å². The molecule has 3 heterocycles. The van der Waals surface area contributed by atoms with Gasteiger partial charge in [-0.05, 0) is 55.5 Å². The molecule has 0 aromatic carbocycles. The number of aromatic nitrogens is 3. The highest BCUT2D eigenvalue weighted by Crippen LogP contribution is 2.27. The molecule has 0 aliphatic rings. The van der Waals surface area contributed by atoms with Gasteiger partial charge < -0.3 is 16.0 Å². The van der Waals surface area contributed by atoms with Crippen molar-refractivity contribution in [3.63, 3.8) is 0 Å². The maximum atomic E-state index is 4.79. The van der Waals surface area contributed by atoms with Gasteiger partial charge in [0.05, 0.1) is 0 Å². The summed E-state index contributed by atoms with van der Waals surface area (Å²) in [6, 6.07) is 8.89. The van der Waals surface area contributed by atoms with Crippen LogP contribution in [0.2, 0.25) is 0 Å². The van der Waals surface area contributed by atoms with E-state index in [1.807, 2.05) is 12.1 Å². The monoisotopic (exact) mass is 426 g/mol. The van der Waals surface area contributed by atoms with Crippen LogP contribution in [0.3, 0.4) is 0 Å². The van der Waals surface area contributed by atoms with Gasteiger partial charge in [-0.2, -0.15) is 0 Å². The first-order valence-corrected chi connectivity index (χ1v) is 11.6. The average Bonchev–Trinajstić information content (AvgIpc) is 3.07. The molecule has 3 aromatic rings. The molecular weight excluding hydrogens is 392 g/mol. The van der Waals surface area contributed by atoms with Crippen molar-refractivity contribution in [2.45, 2.75) is 73.0 Å². The van der Waals surface area contributed by atoms with Crippen LogP contribution in [0.1, 0.15) is 59.9 Å². The minimum absolute atomic E-state index is 0.207. The highest BCUT2D eigenvalue weighted by molar-refractivity contribution is 7.21. The third kappa shape index (κ3) is 6.12. The summed E-state index contributed by atoms with van der Waals surface area (Å²) in [6.45, 7) is 14.2. The Labute approximate surface area is 183 Å². The second-order valence-corrected chi connectivity index (χ2v) is 10.00. The third-order valence-electron chi connectivity index (χ3n) is 5.31. The summed E-state index contributed by atoms with van der Waals surface area (Å²) in [5.41, 5.74) is 2.30. The maximum Gasteiger partial charge on any atom is 0.190 e. The first-order valence-electron chi connectivity index (χ1n) is 10.7. The van der Waals surface area contributed by atoms with E-state index in [0.717, 1.165) is 46.5 Å².